The summed E-state index contributed by atoms with van der Waals surface area (Å²) in [6.07, 6.45) is 1.46. The molecule has 0 radical (unpaired) electrons. The van der Waals surface area contributed by atoms with Crippen LogP contribution in [0.3, 0.4) is 0 Å². The lowest BCUT2D eigenvalue weighted by molar-refractivity contribution is 0.0480. The Labute approximate surface area is 118 Å². The fraction of sp³-hybridized carbons (Fsp3) is 0.600. The molecular formula is C15H21F2NO2. The number of hydrogen-bond donors (Lipinski definition) is 1. The summed E-state index contributed by atoms with van der Waals surface area (Å²) in [6.45, 7) is 3.16. The molecule has 0 saturated carbocycles. The molecule has 1 saturated heterocycles. The van der Waals surface area contributed by atoms with Gasteiger partial charge in [0.1, 0.15) is 11.6 Å². The van der Waals surface area contributed by atoms with Gasteiger partial charge in [0.05, 0.1) is 6.61 Å². The summed E-state index contributed by atoms with van der Waals surface area (Å²) in [4.78, 5) is 0. The van der Waals surface area contributed by atoms with Gasteiger partial charge in [0.15, 0.2) is 0 Å². The van der Waals surface area contributed by atoms with Gasteiger partial charge >= 0.3 is 0 Å². The Kier molecular flexibility index (Phi) is 5.46. The molecule has 1 N–H and O–H groups in total. The highest BCUT2D eigenvalue weighted by atomic mass is 19.1. The lowest BCUT2D eigenvalue weighted by Crippen LogP contribution is -2.44. The van der Waals surface area contributed by atoms with Gasteiger partial charge in [0, 0.05) is 44.9 Å². The highest BCUT2D eigenvalue weighted by Crippen LogP contribution is 2.36. The summed E-state index contributed by atoms with van der Waals surface area (Å²) in [5, 5.41) is 3.30. The molecule has 1 heterocycles. The molecule has 20 heavy (non-hydrogen) atoms. The van der Waals surface area contributed by atoms with Crippen LogP contribution in [0.2, 0.25) is 0 Å². The molecule has 5 heteroatoms. The first-order valence-corrected chi connectivity index (χ1v) is 6.91. The second-order valence-corrected chi connectivity index (χ2v) is 5.19. The Bertz CT molecular complexity index is 434. The first kappa shape index (κ1) is 15.4. The van der Waals surface area contributed by atoms with Crippen LogP contribution in [0.25, 0.3) is 0 Å². The molecule has 0 bridgehead atoms. The number of benzene rings is 1. The molecule has 0 amide bonds. The first-order chi connectivity index (χ1) is 9.68. The largest absolute Gasteiger partial charge is 0.383 e. The lowest BCUT2D eigenvalue weighted by Gasteiger charge is -2.38. The third kappa shape index (κ3) is 3.53. The number of ether oxygens (including phenoxy) is 2. The maximum absolute atomic E-state index is 14.1. The predicted octanol–water partition coefficient (Wildman–Crippen LogP) is 2.25. The van der Waals surface area contributed by atoms with Crippen LogP contribution in [0.1, 0.15) is 18.4 Å². The average Bonchev–Trinajstić information content (AvgIpc) is 2.44. The summed E-state index contributed by atoms with van der Waals surface area (Å²) < 4.78 is 37.6. The maximum atomic E-state index is 14.1. The lowest BCUT2D eigenvalue weighted by atomic mass is 9.74. The van der Waals surface area contributed by atoms with Crippen LogP contribution in [-0.2, 0) is 14.9 Å². The zero-order chi connectivity index (χ0) is 14.4. The van der Waals surface area contributed by atoms with Crippen molar-refractivity contribution >= 4 is 0 Å². The summed E-state index contributed by atoms with van der Waals surface area (Å²) >= 11 is 0. The highest BCUT2D eigenvalue weighted by Gasteiger charge is 2.36. The van der Waals surface area contributed by atoms with Gasteiger partial charge in [-0.1, -0.05) is 6.07 Å². The standard InChI is InChI=1S/C15H21F2NO2/c1-19-9-6-18-11-15(4-7-20-8-5-15)13-3-2-12(16)10-14(13)17/h2-3,10,18H,4-9,11H2,1H3. The topological polar surface area (TPSA) is 30.5 Å². The van der Waals surface area contributed by atoms with E-state index in [1.165, 1.54) is 6.07 Å². The molecule has 1 fully saturated rings. The van der Waals surface area contributed by atoms with E-state index in [0.29, 0.717) is 38.5 Å². The van der Waals surface area contributed by atoms with Crippen LogP contribution in [0.5, 0.6) is 0 Å². The van der Waals surface area contributed by atoms with E-state index < -0.39 is 11.6 Å². The van der Waals surface area contributed by atoms with Crippen molar-refractivity contribution in [3.05, 3.63) is 35.4 Å². The molecule has 0 spiro atoms. The van der Waals surface area contributed by atoms with Gasteiger partial charge in [-0.2, -0.15) is 0 Å². The third-order valence-corrected chi connectivity index (χ3v) is 3.90. The normalized spacial score (nSPS) is 18.1. The number of methoxy groups -OCH3 is 1. The predicted molar refractivity (Wildman–Crippen MR) is 72.8 cm³/mol. The van der Waals surface area contributed by atoms with E-state index in [9.17, 15) is 8.78 Å². The average molecular weight is 285 g/mol. The Balaban J connectivity index is 2.17. The monoisotopic (exact) mass is 285 g/mol. The van der Waals surface area contributed by atoms with Crippen LogP contribution in [0.15, 0.2) is 18.2 Å². The first-order valence-electron chi connectivity index (χ1n) is 6.91. The second kappa shape index (κ2) is 7.11. The van der Waals surface area contributed by atoms with E-state index in [4.69, 9.17) is 9.47 Å². The zero-order valence-electron chi connectivity index (χ0n) is 11.8. The maximum Gasteiger partial charge on any atom is 0.129 e. The minimum atomic E-state index is -0.541. The molecule has 112 valence electrons. The van der Waals surface area contributed by atoms with E-state index in [-0.39, 0.29) is 5.41 Å². The van der Waals surface area contributed by atoms with Crippen molar-refractivity contribution < 1.29 is 18.3 Å². The summed E-state index contributed by atoms with van der Waals surface area (Å²) in [5.41, 5.74) is 0.246. The van der Waals surface area contributed by atoms with Gasteiger partial charge in [0.2, 0.25) is 0 Å². The Morgan fingerprint density at radius 1 is 1.30 bits per heavy atom. The van der Waals surface area contributed by atoms with E-state index in [1.807, 2.05) is 0 Å². The van der Waals surface area contributed by atoms with Gasteiger partial charge < -0.3 is 14.8 Å². The molecule has 1 aliphatic heterocycles. The molecule has 0 atom stereocenters. The minimum absolute atomic E-state index is 0.330. The van der Waals surface area contributed by atoms with Crippen molar-refractivity contribution in [1.82, 2.24) is 5.32 Å². The Morgan fingerprint density at radius 3 is 2.70 bits per heavy atom. The van der Waals surface area contributed by atoms with Crippen LogP contribution >= 0.6 is 0 Å². The van der Waals surface area contributed by atoms with Gasteiger partial charge in [0.25, 0.3) is 0 Å². The van der Waals surface area contributed by atoms with Crippen LogP contribution in [0, 0.1) is 11.6 Å². The molecule has 2 rings (SSSR count). The summed E-state index contributed by atoms with van der Waals surface area (Å²) in [5.74, 6) is -1.01. The number of halogens is 2. The Hall–Kier alpha value is -1.04. The molecular weight excluding hydrogens is 264 g/mol. The number of nitrogens with one attached hydrogen (secondary N) is 1. The van der Waals surface area contributed by atoms with Crippen LogP contribution < -0.4 is 5.32 Å². The molecule has 0 aliphatic carbocycles. The molecule has 0 aromatic heterocycles. The fourth-order valence-electron chi connectivity index (χ4n) is 2.72. The zero-order valence-corrected chi connectivity index (χ0v) is 11.8. The van der Waals surface area contributed by atoms with Crippen molar-refractivity contribution in [3.8, 4) is 0 Å². The van der Waals surface area contributed by atoms with Gasteiger partial charge in [-0.25, -0.2) is 8.78 Å². The SMILES string of the molecule is COCCNCC1(c2ccc(F)cc2F)CCOCC1. The molecule has 3 nitrogen and oxygen atoms in total. The van der Waals surface area contributed by atoms with Crippen molar-refractivity contribution in [2.45, 2.75) is 18.3 Å². The quantitative estimate of drug-likeness (QED) is 0.813. The summed E-state index contributed by atoms with van der Waals surface area (Å²) in [6, 6.07) is 3.85. The van der Waals surface area contributed by atoms with Crippen molar-refractivity contribution in [1.29, 1.82) is 0 Å². The molecule has 1 aromatic carbocycles. The smallest absolute Gasteiger partial charge is 0.129 e. The molecule has 1 aromatic rings. The third-order valence-electron chi connectivity index (χ3n) is 3.90. The minimum Gasteiger partial charge on any atom is -0.383 e. The molecule has 0 unspecified atom stereocenters. The highest BCUT2D eigenvalue weighted by molar-refractivity contribution is 5.29. The van der Waals surface area contributed by atoms with Gasteiger partial charge in [-0.15, -0.1) is 0 Å². The van der Waals surface area contributed by atoms with E-state index >= 15 is 0 Å². The van der Waals surface area contributed by atoms with Crippen molar-refractivity contribution in [3.63, 3.8) is 0 Å². The number of hydrogen-bond acceptors (Lipinski definition) is 3. The van der Waals surface area contributed by atoms with E-state index in [0.717, 1.165) is 18.9 Å². The molecule has 1 aliphatic rings. The van der Waals surface area contributed by atoms with Crippen LogP contribution in [-0.4, -0.2) is 40.0 Å². The van der Waals surface area contributed by atoms with E-state index in [2.05, 4.69) is 5.32 Å². The van der Waals surface area contributed by atoms with Crippen LogP contribution in [0.4, 0.5) is 8.78 Å². The Morgan fingerprint density at radius 2 is 2.05 bits per heavy atom. The van der Waals surface area contributed by atoms with Crippen molar-refractivity contribution in [2.24, 2.45) is 0 Å². The second-order valence-electron chi connectivity index (χ2n) is 5.19. The van der Waals surface area contributed by atoms with Gasteiger partial charge in [-0.05, 0) is 24.5 Å². The summed E-state index contributed by atoms with van der Waals surface area (Å²) in [7, 11) is 1.64. The number of rotatable bonds is 6. The van der Waals surface area contributed by atoms with E-state index in [1.54, 1.807) is 13.2 Å². The van der Waals surface area contributed by atoms with Gasteiger partial charge in [-0.3, -0.25) is 0 Å². The fourth-order valence-corrected chi connectivity index (χ4v) is 2.72. The van der Waals surface area contributed by atoms with Crippen molar-refractivity contribution in [2.75, 3.05) is 40.0 Å².